The van der Waals surface area contributed by atoms with Gasteiger partial charge in [-0.25, -0.2) is 4.57 Å². The molecule has 0 spiro atoms. The van der Waals surface area contributed by atoms with E-state index in [0.29, 0.717) is 22.6 Å². The van der Waals surface area contributed by atoms with Crippen LogP contribution >= 0.6 is 31.2 Å². The number of fused-ring (bicyclic) bond motifs is 3. The standard InChI is InChI=1S/C24H24ClO4PS/c1-23-11-10-14-12-19(22(23)24(14,23)2)29-30(26,27)28-18-13-16-17(25)7-5-9-21(16)31-20-8-4-3-6-15(18)20/h3-9,13-14,19,22H,10-12H2,1-2H3,(H,26,27)/t14-,19-,22?,23+,24?/m1/s1. The van der Waals surface area contributed by atoms with Gasteiger partial charge in [-0.2, -0.15) is 0 Å². The summed E-state index contributed by atoms with van der Waals surface area (Å²) >= 11 is 8.02. The van der Waals surface area contributed by atoms with Gasteiger partial charge in [0.15, 0.2) is 0 Å². The first-order valence-corrected chi connectivity index (χ1v) is 13.4. The van der Waals surface area contributed by atoms with E-state index in [1.165, 1.54) is 12.8 Å². The summed E-state index contributed by atoms with van der Waals surface area (Å²) in [6.07, 6.45) is 4.73. The highest BCUT2D eigenvalue weighted by Crippen LogP contribution is 2.86. The van der Waals surface area contributed by atoms with Gasteiger partial charge in [-0.3, -0.25) is 9.42 Å². The van der Waals surface area contributed by atoms with Crippen molar-refractivity contribution in [3.05, 3.63) is 58.6 Å². The highest BCUT2D eigenvalue weighted by atomic mass is 35.5. The minimum atomic E-state index is -4.33. The molecule has 0 saturated heterocycles. The van der Waals surface area contributed by atoms with Crippen LogP contribution in [0.5, 0.6) is 0 Å². The van der Waals surface area contributed by atoms with Crippen molar-refractivity contribution >= 4 is 43.0 Å². The largest absolute Gasteiger partial charge is 0.527 e. The Balaban J connectivity index is 1.32. The van der Waals surface area contributed by atoms with Crippen molar-refractivity contribution in [2.24, 2.45) is 22.7 Å². The summed E-state index contributed by atoms with van der Waals surface area (Å²) in [4.78, 5) is 12.7. The van der Waals surface area contributed by atoms with Crippen molar-refractivity contribution in [2.75, 3.05) is 0 Å². The molecule has 1 aliphatic heterocycles. The van der Waals surface area contributed by atoms with E-state index >= 15 is 0 Å². The van der Waals surface area contributed by atoms with Crippen molar-refractivity contribution < 1.29 is 18.5 Å². The van der Waals surface area contributed by atoms with Gasteiger partial charge in [0, 0.05) is 25.9 Å². The van der Waals surface area contributed by atoms with Crippen LogP contribution in [0.3, 0.4) is 0 Å². The highest BCUT2D eigenvalue weighted by molar-refractivity contribution is 7.99. The fourth-order valence-electron chi connectivity index (χ4n) is 6.77. The third-order valence-electron chi connectivity index (χ3n) is 8.37. The Kier molecular flexibility index (Phi) is 4.37. The smallest absolute Gasteiger partial charge is 0.403 e. The second-order valence-electron chi connectivity index (χ2n) is 9.61. The van der Waals surface area contributed by atoms with Crippen LogP contribution in [0, 0.1) is 22.7 Å². The molecule has 0 amide bonds. The van der Waals surface area contributed by atoms with Gasteiger partial charge in [-0.05, 0) is 66.2 Å². The number of rotatable bonds is 4. The van der Waals surface area contributed by atoms with Gasteiger partial charge < -0.3 is 4.52 Å². The van der Waals surface area contributed by atoms with E-state index in [4.69, 9.17) is 20.6 Å². The lowest BCUT2D eigenvalue weighted by atomic mass is 9.90. The molecule has 6 atom stereocenters. The van der Waals surface area contributed by atoms with E-state index in [1.54, 1.807) is 17.8 Å². The van der Waals surface area contributed by atoms with Crippen LogP contribution in [0.1, 0.15) is 44.2 Å². The number of phosphoric acid groups is 1. The molecule has 0 aromatic heterocycles. The molecule has 0 bridgehead atoms. The lowest BCUT2D eigenvalue weighted by Gasteiger charge is -2.22. The Labute approximate surface area is 191 Å². The lowest BCUT2D eigenvalue weighted by Crippen LogP contribution is -2.17. The molecular formula is C24H24ClO4PS. The predicted molar refractivity (Wildman–Crippen MR) is 123 cm³/mol. The first kappa shape index (κ1) is 20.4. The molecule has 4 nitrogen and oxygen atoms in total. The SMILES string of the molecule is CC12C3[C@H](OP(=O)(O)OC4=Cc5c(Cl)cccc5Sc5ccccc54)C[C@H]1CC[C@@]32C. The number of phosphoric ester groups is 1. The van der Waals surface area contributed by atoms with Crippen molar-refractivity contribution in [1.82, 2.24) is 0 Å². The number of halogens is 1. The summed E-state index contributed by atoms with van der Waals surface area (Å²) < 4.78 is 24.8. The van der Waals surface area contributed by atoms with Gasteiger partial charge >= 0.3 is 7.82 Å². The molecule has 31 heavy (non-hydrogen) atoms. The first-order chi connectivity index (χ1) is 14.7. The topological polar surface area (TPSA) is 55.8 Å². The lowest BCUT2D eigenvalue weighted by molar-refractivity contribution is 0.108. The van der Waals surface area contributed by atoms with E-state index in [1.807, 2.05) is 42.5 Å². The summed E-state index contributed by atoms with van der Waals surface area (Å²) in [6, 6.07) is 13.4. The van der Waals surface area contributed by atoms with Crippen LogP contribution in [0.15, 0.2) is 52.3 Å². The van der Waals surface area contributed by atoms with E-state index in [0.717, 1.165) is 27.3 Å². The number of hydrogen-bond acceptors (Lipinski definition) is 4. The van der Waals surface area contributed by atoms with Gasteiger partial charge in [0.2, 0.25) is 0 Å². The van der Waals surface area contributed by atoms with Crippen LogP contribution in [0.2, 0.25) is 5.02 Å². The minimum Gasteiger partial charge on any atom is -0.403 e. The van der Waals surface area contributed by atoms with Gasteiger partial charge in [-0.15, -0.1) is 0 Å². The van der Waals surface area contributed by atoms with Gasteiger partial charge in [0.1, 0.15) is 5.76 Å². The molecule has 2 aromatic rings. The Bertz CT molecular complexity index is 1180. The molecule has 1 N–H and O–H groups in total. The first-order valence-electron chi connectivity index (χ1n) is 10.7. The van der Waals surface area contributed by atoms with Crippen molar-refractivity contribution in [3.63, 3.8) is 0 Å². The molecule has 162 valence electrons. The fraction of sp³-hybridized carbons (Fsp3) is 0.417. The van der Waals surface area contributed by atoms with Crippen LogP contribution < -0.4 is 0 Å². The zero-order valence-electron chi connectivity index (χ0n) is 17.4. The third-order valence-corrected chi connectivity index (χ3v) is 10.8. The molecule has 3 aliphatic carbocycles. The molecule has 6 rings (SSSR count). The van der Waals surface area contributed by atoms with E-state index in [9.17, 15) is 9.46 Å². The Morgan fingerprint density at radius 2 is 1.94 bits per heavy atom. The van der Waals surface area contributed by atoms with Crippen molar-refractivity contribution in [1.29, 1.82) is 0 Å². The Hall–Kier alpha value is -1.23. The van der Waals surface area contributed by atoms with Crippen LogP contribution in [-0.4, -0.2) is 11.0 Å². The van der Waals surface area contributed by atoms with Gasteiger partial charge in [0.25, 0.3) is 0 Å². The summed E-state index contributed by atoms with van der Waals surface area (Å²) in [5, 5.41) is 0.571. The molecular weight excluding hydrogens is 451 g/mol. The van der Waals surface area contributed by atoms with Crippen LogP contribution in [0.4, 0.5) is 0 Å². The van der Waals surface area contributed by atoms with E-state index in [2.05, 4.69) is 13.8 Å². The normalized spacial score (nSPS) is 36.5. The van der Waals surface area contributed by atoms with Crippen molar-refractivity contribution in [3.8, 4) is 0 Å². The fourth-order valence-corrected chi connectivity index (χ4v) is 9.14. The molecule has 3 unspecified atom stereocenters. The summed E-state index contributed by atoms with van der Waals surface area (Å²) in [5.74, 6) is 1.22. The van der Waals surface area contributed by atoms with E-state index < -0.39 is 7.82 Å². The number of benzene rings is 2. The minimum absolute atomic E-state index is 0.231. The summed E-state index contributed by atoms with van der Waals surface area (Å²) in [5.41, 5.74) is 2.02. The Morgan fingerprint density at radius 1 is 1.16 bits per heavy atom. The quantitative estimate of drug-likeness (QED) is 0.472. The van der Waals surface area contributed by atoms with Crippen LogP contribution in [-0.2, 0) is 13.6 Å². The second kappa shape index (κ2) is 6.65. The maximum absolute atomic E-state index is 13.2. The average molecular weight is 475 g/mol. The maximum atomic E-state index is 13.2. The zero-order valence-corrected chi connectivity index (χ0v) is 19.8. The van der Waals surface area contributed by atoms with Gasteiger partial charge in [-0.1, -0.05) is 61.5 Å². The maximum Gasteiger partial charge on any atom is 0.527 e. The third kappa shape index (κ3) is 2.87. The monoisotopic (exact) mass is 474 g/mol. The molecule has 3 fully saturated rings. The van der Waals surface area contributed by atoms with Crippen LogP contribution in [0.25, 0.3) is 11.8 Å². The molecule has 4 aliphatic rings. The average Bonchev–Trinajstić information content (AvgIpc) is 3.08. The number of hydrogen-bond donors (Lipinski definition) is 1. The molecule has 3 saturated carbocycles. The molecule has 2 aromatic carbocycles. The molecule has 1 heterocycles. The predicted octanol–water partition coefficient (Wildman–Crippen LogP) is 7.26. The second-order valence-corrected chi connectivity index (χ2v) is 12.4. The highest BCUT2D eigenvalue weighted by Gasteiger charge is 2.82. The summed E-state index contributed by atoms with van der Waals surface area (Å²) in [6.45, 7) is 4.62. The molecule has 0 radical (unpaired) electrons. The van der Waals surface area contributed by atoms with Crippen molar-refractivity contribution in [2.45, 2.75) is 49.0 Å². The van der Waals surface area contributed by atoms with Gasteiger partial charge in [0.05, 0.1) is 6.10 Å². The zero-order chi connectivity index (χ0) is 21.6. The molecule has 7 heteroatoms. The summed E-state index contributed by atoms with van der Waals surface area (Å²) in [7, 11) is -4.33. The van der Waals surface area contributed by atoms with E-state index in [-0.39, 0.29) is 16.9 Å². The Morgan fingerprint density at radius 3 is 2.71 bits per heavy atom.